The SMILES string of the molecule is CCOC(=O)c1sc2cccc(F)c2c1COC(=O)/C=C/c1cc2ccccc2[nH]c1=O. The van der Waals surface area contributed by atoms with Crippen LogP contribution in [0.5, 0.6) is 0 Å². The number of esters is 2. The summed E-state index contributed by atoms with van der Waals surface area (Å²) in [6.07, 6.45) is 2.47. The second-order valence-corrected chi connectivity index (χ2v) is 7.88. The van der Waals surface area contributed by atoms with Crippen molar-refractivity contribution < 1.29 is 23.5 Å². The van der Waals surface area contributed by atoms with Crippen LogP contribution in [0.25, 0.3) is 27.1 Å². The van der Waals surface area contributed by atoms with E-state index in [-0.39, 0.29) is 34.6 Å². The Morgan fingerprint density at radius 1 is 1.12 bits per heavy atom. The third-order valence-corrected chi connectivity index (χ3v) is 5.94. The second-order valence-electron chi connectivity index (χ2n) is 6.83. The zero-order chi connectivity index (χ0) is 22.7. The maximum absolute atomic E-state index is 14.4. The average molecular weight is 451 g/mol. The number of benzene rings is 2. The lowest BCUT2D eigenvalue weighted by Gasteiger charge is -2.06. The molecule has 2 aromatic heterocycles. The fraction of sp³-hybridized carbons (Fsp3) is 0.125. The van der Waals surface area contributed by atoms with E-state index in [0.29, 0.717) is 15.8 Å². The van der Waals surface area contributed by atoms with E-state index in [1.54, 1.807) is 31.2 Å². The fourth-order valence-corrected chi connectivity index (χ4v) is 4.42. The number of aromatic amines is 1. The maximum atomic E-state index is 14.4. The van der Waals surface area contributed by atoms with Gasteiger partial charge in [0.15, 0.2) is 0 Å². The molecule has 0 unspecified atom stereocenters. The van der Waals surface area contributed by atoms with Crippen LogP contribution in [0.4, 0.5) is 4.39 Å². The summed E-state index contributed by atoms with van der Waals surface area (Å²) < 4.78 is 25.3. The van der Waals surface area contributed by atoms with E-state index in [0.717, 1.165) is 22.8 Å². The first-order valence-corrected chi connectivity index (χ1v) is 10.6. The summed E-state index contributed by atoms with van der Waals surface area (Å²) in [5.41, 5.74) is 0.894. The van der Waals surface area contributed by atoms with Crippen LogP contribution in [0, 0.1) is 5.82 Å². The highest BCUT2D eigenvalue weighted by atomic mass is 32.1. The van der Waals surface area contributed by atoms with E-state index in [9.17, 15) is 18.8 Å². The normalized spacial score (nSPS) is 11.3. The largest absolute Gasteiger partial charge is 0.462 e. The summed E-state index contributed by atoms with van der Waals surface area (Å²) in [5.74, 6) is -1.85. The molecule has 0 saturated heterocycles. The molecule has 2 heterocycles. The zero-order valence-corrected chi connectivity index (χ0v) is 17.8. The summed E-state index contributed by atoms with van der Waals surface area (Å²) >= 11 is 1.08. The van der Waals surface area contributed by atoms with Gasteiger partial charge in [-0.05, 0) is 42.7 Å². The highest BCUT2D eigenvalue weighted by Gasteiger charge is 2.22. The Balaban J connectivity index is 1.57. The molecule has 4 aromatic rings. The van der Waals surface area contributed by atoms with Crippen LogP contribution in [0.3, 0.4) is 0 Å². The first kappa shape index (κ1) is 21.5. The number of thiophene rings is 1. The number of pyridine rings is 1. The summed E-state index contributed by atoms with van der Waals surface area (Å²) in [6, 6.07) is 13.4. The Kier molecular flexibility index (Phi) is 6.13. The Labute approximate surface area is 185 Å². The van der Waals surface area contributed by atoms with Gasteiger partial charge in [-0.25, -0.2) is 14.0 Å². The molecule has 8 heteroatoms. The van der Waals surface area contributed by atoms with Gasteiger partial charge >= 0.3 is 11.9 Å². The number of carbonyl (C=O) groups excluding carboxylic acids is 2. The van der Waals surface area contributed by atoms with Crippen molar-refractivity contribution in [1.82, 2.24) is 4.98 Å². The number of halogens is 1. The predicted octanol–water partition coefficient (Wildman–Crippen LogP) is 4.82. The minimum Gasteiger partial charge on any atom is -0.462 e. The molecule has 0 saturated carbocycles. The molecule has 0 bridgehead atoms. The van der Waals surface area contributed by atoms with E-state index < -0.39 is 17.8 Å². The van der Waals surface area contributed by atoms with E-state index in [4.69, 9.17) is 9.47 Å². The molecule has 0 fully saturated rings. The standard InChI is InChI=1S/C24H18FNO5S/c1-2-30-24(29)22-16(21-17(25)7-5-9-19(21)32-22)13-31-20(27)11-10-15-12-14-6-3-4-8-18(14)26-23(15)28/h3-12H,2,13H2,1H3,(H,26,28)/b11-10+. The third-order valence-electron chi connectivity index (χ3n) is 4.76. The van der Waals surface area contributed by atoms with Crippen molar-refractivity contribution in [2.45, 2.75) is 13.5 Å². The smallest absolute Gasteiger partial charge is 0.348 e. The van der Waals surface area contributed by atoms with Gasteiger partial charge in [0.25, 0.3) is 5.56 Å². The molecule has 1 N–H and O–H groups in total. The predicted molar refractivity (Wildman–Crippen MR) is 121 cm³/mol. The molecule has 0 aliphatic rings. The van der Waals surface area contributed by atoms with Gasteiger partial charge in [-0.2, -0.15) is 0 Å². The van der Waals surface area contributed by atoms with Crippen molar-refractivity contribution in [2.75, 3.05) is 6.61 Å². The zero-order valence-electron chi connectivity index (χ0n) is 17.0. The van der Waals surface area contributed by atoms with E-state index in [2.05, 4.69) is 4.98 Å². The van der Waals surface area contributed by atoms with Gasteiger partial charge < -0.3 is 14.5 Å². The first-order valence-electron chi connectivity index (χ1n) is 9.82. The fourth-order valence-electron chi connectivity index (χ4n) is 3.30. The van der Waals surface area contributed by atoms with Gasteiger partial charge in [-0.15, -0.1) is 11.3 Å². The number of hydrogen-bond donors (Lipinski definition) is 1. The molecule has 32 heavy (non-hydrogen) atoms. The molecule has 162 valence electrons. The Morgan fingerprint density at radius 2 is 1.94 bits per heavy atom. The van der Waals surface area contributed by atoms with Gasteiger partial charge in [0.05, 0.1) is 6.61 Å². The molecular formula is C24H18FNO5S. The van der Waals surface area contributed by atoms with Gasteiger partial charge in [0, 0.05) is 32.8 Å². The second kappa shape index (κ2) is 9.15. The quantitative estimate of drug-likeness (QED) is 0.336. The molecule has 6 nitrogen and oxygen atoms in total. The monoisotopic (exact) mass is 451 g/mol. The summed E-state index contributed by atoms with van der Waals surface area (Å²) in [4.78, 5) is 39.7. The van der Waals surface area contributed by atoms with Gasteiger partial charge in [0.1, 0.15) is 17.3 Å². The number of carbonyl (C=O) groups is 2. The molecule has 0 atom stereocenters. The number of aromatic nitrogens is 1. The number of H-pyrrole nitrogens is 1. The number of nitrogens with one attached hydrogen (secondary N) is 1. The lowest BCUT2D eigenvalue weighted by atomic mass is 10.1. The van der Waals surface area contributed by atoms with Crippen molar-refractivity contribution in [3.8, 4) is 0 Å². The van der Waals surface area contributed by atoms with Crippen molar-refractivity contribution >= 4 is 50.3 Å². The van der Waals surface area contributed by atoms with Crippen LogP contribution < -0.4 is 5.56 Å². The minimum atomic E-state index is -0.733. The number of hydrogen-bond acceptors (Lipinski definition) is 6. The maximum Gasteiger partial charge on any atom is 0.348 e. The molecular weight excluding hydrogens is 433 g/mol. The highest BCUT2D eigenvalue weighted by Crippen LogP contribution is 2.34. The third kappa shape index (κ3) is 4.31. The van der Waals surface area contributed by atoms with Gasteiger partial charge in [-0.1, -0.05) is 24.3 Å². The number of ether oxygens (including phenoxy) is 2. The highest BCUT2D eigenvalue weighted by molar-refractivity contribution is 7.21. The van der Waals surface area contributed by atoms with E-state index in [1.165, 1.54) is 12.1 Å². The van der Waals surface area contributed by atoms with Crippen molar-refractivity contribution in [1.29, 1.82) is 0 Å². The van der Waals surface area contributed by atoms with Crippen molar-refractivity contribution in [3.05, 3.63) is 86.8 Å². The first-order chi connectivity index (χ1) is 15.5. The summed E-state index contributed by atoms with van der Waals surface area (Å²) in [5, 5.41) is 1.04. The number of para-hydroxylation sites is 1. The van der Waals surface area contributed by atoms with Crippen molar-refractivity contribution in [3.63, 3.8) is 0 Å². The molecule has 2 aromatic carbocycles. The van der Waals surface area contributed by atoms with E-state index in [1.807, 2.05) is 18.2 Å². The Morgan fingerprint density at radius 3 is 2.75 bits per heavy atom. The number of fused-ring (bicyclic) bond motifs is 2. The van der Waals surface area contributed by atoms with Crippen LogP contribution in [-0.2, 0) is 20.9 Å². The topological polar surface area (TPSA) is 85.5 Å². The van der Waals surface area contributed by atoms with Crippen LogP contribution >= 0.6 is 11.3 Å². The number of rotatable bonds is 6. The minimum absolute atomic E-state index is 0.165. The molecule has 0 aliphatic heterocycles. The molecule has 0 amide bonds. The van der Waals surface area contributed by atoms with Crippen molar-refractivity contribution in [2.24, 2.45) is 0 Å². The summed E-state index contributed by atoms with van der Waals surface area (Å²) in [6.45, 7) is 1.52. The lowest BCUT2D eigenvalue weighted by Crippen LogP contribution is -2.10. The molecule has 4 rings (SSSR count). The average Bonchev–Trinajstić information content (AvgIpc) is 3.16. The van der Waals surface area contributed by atoms with Gasteiger partial charge in [-0.3, -0.25) is 4.79 Å². The summed E-state index contributed by atoms with van der Waals surface area (Å²) in [7, 11) is 0. The van der Waals surface area contributed by atoms with E-state index >= 15 is 0 Å². The molecule has 0 radical (unpaired) electrons. The van der Waals surface area contributed by atoms with Crippen LogP contribution in [0.15, 0.2) is 59.4 Å². The molecule has 0 spiro atoms. The Bertz CT molecular complexity index is 1420. The van der Waals surface area contributed by atoms with Gasteiger partial charge in [0.2, 0.25) is 0 Å². The Hall–Kier alpha value is -3.78. The van der Waals surface area contributed by atoms with Crippen LogP contribution in [0.1, 0.15) is 27.7 Å². The van der Waals surface area contributed by atoms with Crippen LogP contribution in [0.2, 0.25) is 0 Å². The van der Waals surface area contributed by atoms with Crippen LogP contribution in [-0.4, -0.2) is 23.5 Å². The lowest BCUT2D eigenvalue weighted by molar-refractivity contribution is -0.138. The molecule has 0 aliphatic carbocycles.